The van der Waals surface area contributed by atoms with E-state index in [9.17, 15) is 18.0 Å². The number of aromatic nitrogens is 1. The minimum Gasteiger partial charge on any atom is -0.480 e. The van der Waals surface area contributed by atoms with Gasteiger partial charge in [-0.05, 0) is 23.8 Å². The molecule has 0 unspecified atom stereocenters. The molecule has 23 heavy (non-hydrogen) atoms. The van der Waals surface area contributed by atoms with E-state index in [1.165, 1.54) is 50.7 Å². The molecule has 2 aromatic rings. The first-order chi connectivity index (χ1) is 10.8. The third kappa shape index (κ3) is 4.12. The van der Waals surface area contributed by atoms with Crippen molar-refractivity contribution in [3.05, 3.63) is 42.1 Å². The topological polar surface area (TPSA) is 57.7 Å². The van der Waals surface area contributed by atoms with E-state index in [1.54, 1.807) is 0 Å². The smallest absolute Gasteiger partial charge is 0.480 e. The van der Waals surface area contributed by atoms with Crippen LogP contribution in [0.25, 0.3) is 11.1 Å². The Labute approximate surface area is 129 Å². The predicted octanol–water partition coefficient (Wildman–Crippen LogP) is 3.44. The van der Waals surface area contributed by atoms with Crippen molar-refractivity contribution in [1.82, 2.24) is 4.98 Å². The summed E-state index contributed by atoms with van der Waals surface area (Å²) < 4.78 is 49.8. The third-order valence-corrected chi connectivity index (χ3v) is 2.87. The second-order valence-corrected chi connectivity index (χ2v) is 4.34. The van der Waals surface area contributed by atoms with Gasteiger partial charge in [-0.25, -0.2) is 9.78 Å². The number of ether oxygens (including phenoxy) is 3. The average molecular weight is 327 g/mol. The maximum atomic E-state index is 12.1. The largest absolute Gasteiger partial charge is 0.573 e. The molecule has 0 saturated carbocycles. The summed E-state index contributed by atoms with van der Waals surface area (Å²) in [7, 11) is 2.58. The molecule has 0 atom stereocenters. The maximum Gasteiger partial charge on any atom is 0.573 e. The predicted molar refractivity (Wildman–Crippen MR) is 74.2 cm³/mol. The molecule has 0 spiro atoms. The summed E-state index contributed by atoms with van der Waals surface area (Å²) in [5.74, 6) is -0.873. The molecule has 2 rings (SSSR count). The lowest BCUT2D eigenvalue weighted by molar-refractivity contribution is -0.274. The fourth-order valence-electron chi connectivity index (χ4n) is 1.88. The second-order valence-electron chi connectivity index (χ2n) is 4.34. The van der Waals surface area contributed by atoms with Crippen LogP contribution in [-0.4, -0.2) is 31.5 Å². The van der Waals surface area contributed by atoms with Crippen LogP contribution in [0.1, 0.15) is 10.4 Å². The number of methoxy groups -OCH3 is 2. The number of alkyl halides is 3. The zero-order chi connectivity index (χ0) is 17.0. The van der Waals surface area contributed by atoms with Crippen LogP contribution in [0, 0.1) is 0 Å². The fraction of sp³-hybridized carbons (Fsp3) is 0.200. The Kier molecular flexibility index (Phi) is 4.73. The van der Waals surface area contributed by atoms with Gasteiger partial charge in [-0.3, -0.25) is 0 Å². The third-order valence-electron chi connectivity index (χ3n) is 2.87. The molecule has 1 heterocycles. The van der Waals surface area contributed by atoms with Crippen molar-refractivity contribution in [2.24, 2.45) is 0 Å². The molecule has 0 fully saturated rings. The molecular weight excluding hydrogens is 315 g/mol. The van der Waals surface area contributed by atoms with E-state index in [-0.39, 0.29) is 17.2 Å². The van der Waals surface area contributed by atoms with Gasteiger partial charge in [0.05, 0.1) is 14.2 Å². The van der Waals surface area contributed by atoms with Crippen LogP contribution in [0.3, 0.4) is 0 Å². The number of carbonyl (C=O) groups is 1. The molecule has 1 aromatic carbocycles. The summed E-state index contributed by atoms with van der Waals surface area (Å²) in [6.07, 6.45) is -3.31. The fourth-order valence-corrected chi connectivity index (χ4v) is 1.88. The van der Waals surface area contributed by atoms with E-state index in [0.29, 0.717) is 11.1 Å². The zero-order valence-corrected chi connectivity index (χ0v) is 12.2. The summed E-state index contributed by atoms with van der Waals surface area (Å²) in [6, 6.07) is 6.67. The van der Waals surface area contributed by atoms with E-state index < -0.39 is 12.3 Å². The normalized spacial score (nSPS) is 11.0. The summed E-state index contributed by atoms with van der Waals surface area (Å²) in [5, 5.41) is 0. The molecule has 0 amide bonds. The van der Waals surface area contributed by atoms with Crippen molar-refractivity contribution >= 4 is 5.97 Å². The molecule has 0 aliphatic heterocycles. The highest BCUT2D eigenvalue weighted by molar-refractivity contribution is 5.93. The molecule has 0 N–H and O–H groups in total. The molecule has 0 bridgehead atoms. The molecule has 0 radical (unpaired) electrons. The quantitative estimate of drug-likeness (QED) is 0.805. The summed E-state index contributed by atoms with van der Waals surface area (Å²) in [4.78, 5) is 15.7. The minimum absolute atomic E-state index is 0.0950. The molecule has 1 aromatic heterocycles. The van der Waals surface area contributed by atoms with Gasteiger partial charge >= 0.3 is 12.3 Å². The number of benzene rings is 1. The first-order valence-electron chi connectivity index (χ1n) is 6.32. The van der Waals surface area contributed by atoms with Gasteiger partial charge < -0.3 is 14.2 Å². The number of halogens is 3. The Hall–Kier alpha value is -2.77. The van der Waals surface area contributed by atoms with Gasteiger partial charge in [0, 0.05) is 11.8 Å². The van der Waals surface area contributed by atoms with Crippen LogP contribution in [0.15, 0.2) is 36.5 Å². The second kappa shape index (κ2) is 6.55. The Morgan fingerprint density at radius 1 is 1.09 bits per heavy atom. The highest BCUT2D eigenvalue weighted by atomic mass is 19.4. The highest BCUT2D eigenvalue weighted by Gasteiger charge is 2.31. The number of hydrogen-bond donors (Lipinski definition) is 0. The van der Waals surface area contributed by atoms with Gasteiger partial charge in [0.15, 0.2) is 0 Å². The van der Waals surface area contributed by atoms with E-state index >= 15 is 0 Å². The Balaban J connectivity index is 2.33. The Morgan fingerprint density at radius 2 is 1.74 bits per heavy atom. The number of pyridine rings is 1. The van der Waals surface area contributed by atoms with Crippen molar-refractivity contribution in [2.75, 3.05) is 14.2 Å². The minimum atomic E-state index is -4.75. The van der Waals surface area contributed by atoms with Crippen molar-refractivity contribution in [1.29, 1.82) is 0 Å². The average Bonchev–Trinajstić information content (AvgIpc) is 2.52. The Morgan fingerprint density at radius 3 is 2.26 bits per heavy atom. The maximum absolute atomic E-state index is 12.1. The lowest BCUT2D eigenvalue weighted by atomic mass is 10.1. The Bertz CT molecular complexity index is 699. The summed E-state index contributed by atoms with van der Waals surface area (Å²) >= 11 is 0. The van der Waals surface area contributed by atoms with Gasteiger partial charge in [-0.15, -0.1) is 13.2 Å². The summed E-state index contributed by atoms with van der Waals surface area (Å²) in [6.45, 7) is 0. The van der Waals surface area contributed by atoms with Crippen LogP contribution in [0.4, 0.5) is 13.2 Å². The van der Waals surface area contributed by atoms with Crippen LogP contribution in [0.5, 0.6) is 11.6 Å². The van der Waals surface area contributed by atoms with E-state index in [4.69, 9.17) is 4.74 Å². The first-order valence-corrected chi connectivity index (χ1v) is 6.32. The number of rotatable bonds is 4. The lowest BCUT2D eigenvalue weighted by Gasteiger charge is -2.10. The molecule has 8 heteroatoms. The van der Waals surface area contributed by atoms with Crippen molar-refractivity contribution in [2.45, 2.75) is 6.36 Å². The highest BCUT2D eigenvalue weighted by Crippen LogP contribution is 2.28. The lowest BCUT2D eigenvalue weighted by Crippen LogP contribution is -2.16. The van der Waals surface area contributed by atoms with Gasteiger partial charge in [0.1, 0.15) is 11.3 Å². The van der Waals surface area contributed by atoms with Crippen molar-refractivity contribution in [3.63, 3.8) is 0 Å². The van der Waals surface area contributed by atoms with Crippen LogP contribution in [-0.2, 0) is 4.74 Å². The summed E-state index contributed by atoms with van der Waals surface area (Å²) in [5.41, 5.74) is 1.19. The van der Waals surface area contributed by atoms with Gasteiger partial charge in [-0.1, -0.05) is 12.1 Å². The van der Waals surface area contributed by atoms with Gasteiger partial charge in [-0.2, -0.15) is 0 Å². The van der Waals surface area contributed by atoms with Gasteiger partial charge in [0.2, 0.25) is 5.88 Å². The molecule has 0 aliphatic carbocycles. The number of carbonyl (C=O) groups excluding carboxylic acids is 1. The first kappa shape index (κ1) is 16.6. The molecule has 5 nitrogen and oxygen atoms in total. The molecule has 0 aliphatic rings. The van der Waals surface area contributed by atoms with Crippen molar-refractivity contribution in [3.8, 4) is 22.8 Å². The van der Waals surface area contributed by atoms with Crippen LogP contribution >= 0.6 is 0 Å². The SMILES string of the molecule is COC(=O)c1cc(-c2ccc(OC(F)(F)F)cc2)cnc1OC. The van der Waals surface area contributed by atoms with Crippen LogP contribution < -0.4 is 9.47 Å². The standard InChI is InChI=1S/C15H12F3NO4/c1-21-13-12(14(20)22-2)7-10(8-19-13)9-3-5-11(6-4-9)23-15(16,17)18/h3-8H,1-2H3. The zero-order valence-electron chi connectivity index (χ0n) is 12.2. The molecular formula is C15H12F3NO4. The van der Waals surface area contributed by atoms with E-state index in [2.05, 4.69) is 14.5 Å². The molecule has 0 saturated heterocycles. The van der Waals surface area contributed by atoms with Crippen LogP contribution in [0.2, 0.25) is 0 Å². The van der Waals surface area contributed by atoms with E-state index in [0.717, 1.165) is 0 Å². The number of nitrogens with zero attached hydrogens (tertiary/aromatic N) is 1. The van der Waals surface area contributed by atoms with E-state index in [1.807, 2.05) is 0 Å². The number of hydrogen-bond acceptors (Lipinski definition) is 5. The van der Waals surface area contributed by atoms with Crippen molar-refractivity contribution < 1.29 is 32.2 Å². The number of esters is 1. The molecule has 122 valence electrons. The van der Waals surface area contributed by atoms with Gasteiger partial charge in [0.25, 0.3) is 0 Å². The monoisotopic (exact) mass is 327 g/mol.